The molecule has 0 saturated carbocycles. The summed E-state index contributed by atoms with van der Waals surface area (Å²) in [6, 6.07) is 17.7. The molecule has 0 spiro atoms. The smallest absolute Gasteiger partial charge is 0.243 e. The van der Waals surface area contributed by atoms with Gasteiger partial charge in [-0.1, -0.05) is 54.1 Å². The SMILES string of the molecule is Cc1ccc(Cl)cc1N([C@@H](C)C(=O)NCCOc1cccc2ccccc12)S(C)(=O)=O. The Bertz CT molecular complexity index is 1190. The molecule has 8 heteroatoms. The van der Waals surface area contributed by atoms with Crippen molar-refractivity contribution in [2.45, 2.75) is 19.9 Å². The highest BCUT2D eigenvalue weighted by Gasteiger charge is 2.30. The first-order valence-electron chi connectivity index (χ1n) is 9.82. The Labute approximate surface area is 187 Å². The van der Waals surface area contributed by atoms with Crippen LogP contribution in [0.3, 0.4) is 0 Å². The molecule has 31 heavy (non-hydrogen) atoms. The zero-order chi connectivity index (χ0) is 22.6. The molecule has 0 saturated heterocycles. The highest BCUT2D eigenvalue weighted by atomic mass is 35.5. The number of amides is 1. The zero-order valence-corrected chi connectivity index (χ0v) is 19.2. The number of benzene rings is 3. The van der Waals surface area contributed by atoms with Crippen molar-refractivity contribution in [1.82, 2.24) is 5.32 Å². The Morgan fingerprint density at radius 1 is 1.13 bits per heavy atom. The highest BCUT2D eigenvalue weighted by molar-refractivity contribution is 7.92. The minimum Gasteiger partial charge on any atom is -0.491 e. The lowest BCUT2D eigenvalue weighted by atomic mass is 10.1. The van der Waals surface area contributed by atoms with Crippen LogP contribution in [0.1, 0.15) is 12.5 Å². The molecule has 0 radical (unpaired) electrons. The van der Waals surface area contributed by atoms with E-state index < -0.39 is 22.0 Å². The second-order valence-corrected chi connectivity index (χ2v) is 9.58. The standard InChI is InChI=1S/C23H25ClN2O4S/c1-16-11-12-19(24)15-21(16)26(31(3,28)29)17(2)23(27)25-13-14-30-22-10-6-8-18-7-4-5-9-20(18)22/h4-12,15,17H,13-14H2,1-3H3,(H,25,27)/t17-/m0/s1. The first kappa shape index (κ1) is 22.9. The van der Waals surface area contributed by atoms with Crippen LogP contribution in [0.4, 0.5) is 5.69 Å². The number of carbonyl (C=O) groups excluding carboxylic acids is 1. The normalized spacial score (nSPS) is 12.4. The summed E-state index contributed by atoms with van der Waals surface area (Å²) in [6.07, 6.45) is 1.07. The summed E-state index contributed by atoms with van der Waals surface area (Å²) in [4.78, 5) is 12.7. The lowest BCUT2D eigenvalue weighted by Gasteiger charge is -2.29. The second kappa shape index (κ2) is 9.58. The number of ether oxygens (including phenoxy) is 1. The number of rotatable bonds is 8. The first-order chi connectivity index (χ1) is 14.7. The molecule has 3 aromatic rings. The third kappa shape index (κ3) is 5.48. The molecule has 3 aromatic carbocycles. The molecule has 0 unspecified atom stereocenters. The average Bonchev–Trinajstić information content (AvgIpc) is 2.72. The topological polar surface area (TPSA) is 75.7 Å². The fourth-order valence-electron chi connectivity index (χ4n) is 3.41. The van der Waals surface area contributed by atoms with Gasteiger partial charge in [-0.25, -0.2) is 8.42 Å². The van der Waals surface area contributed by atoms with E-state index in [1.54, 1.807) is 32.0 Å². The number of carbonyl (C=O) groups is 1. The predicted molar refractivity (Wildman–Crippen MR) is 125 cm³/mol. The average molecular weight is 461 g/mol. The first-order valence-corrected chi connectivity index (χ1v) is 12.0. The molecule has 1 N–H and O–H groups in total. The molecule has 6 nitrogen and oxygen atoms in total. The van der Waals surface area contributed by atoms with Gasteiger partial charge in [-0.2, -0.15) is 0 Å². The van der Waals surface area contributed by atoms with Gasteiger partial charge in [0.25, 0.3) is 0 Å². The minimum absolute atomic E-state index is 0.235. The number of hydrogen-bond acceptors (Lipinski definition) is 4. The third-order valence-electron chi connectivity index (χ3n) is 4.91. The van der Waals surface area contributed by atoms with Gasteiger partial charge in [0.2, 0.25) is 15.9 Å². The van der Waals surface area contributed by atoms with E-state index in [1.807, 2.05) is 42.5 Å². The Morgan fingerprint density at radius 3 is 2.58 bits per heavy atom. The molecule has 0 heterocycles. The van der Waals surface area contributed by atoms with E-state index >= 15 is 0 Å². The molecule has 0 aromatic heterocycles. The fraction of sp³-hybridized carbons (Fsp3) is 0.261. The summed E-state index contributed by atoms with van der Waals surface area (Å²) in [7, 11) is -3.72. The van der Waals surface area contributed by atoms with Crippen molar-refractivity contribution >= 4 is 44.0 Å². The number of aryl methyl sites for hydroxylation is 1. The Kier molecular flexibility index (Phi) is 7.08. The number of nitrogens with one attached hydrogen (secondary N) is 1. The number of hydrogen-bond donors (Lipinski definition) is 1. The highest BCUT2D eigenvalue weighted by Crippen LogP contribution is 2.28. The maximum absolute atomic E-state index is 12.7. The lowest BCUT2D eigenvalue weighted by molar-refractivity contribution is -0.121. The number of halogens is 1. The van der Waals surface area contributed by atoms with Crippen molar-refractivity contribution < 1.29 is 17.9 Å². The van der Waals surface area contributed by atoms with Crippen molar-refractivity contribution in [1.29, 1.82) is 0 Å². The van der Waals surface area contributed by atoms with Crippen LogP contribution in [-0.4, -0.2) is 39.8 Å². The summed E-state index contributed by atoms with van der Waals surface area (Å²) in [5.41, 5.74) is 1.08. The van der Waals surface area contributed by atoms with Gasteiger partial charge >= 0.3 is 0 Å². The van der Waals surface area contributed by atoms with E-state index in [1.165, 1.54) is 0 Å². The summed E-state index contributed by atoms with van der Waals surface area (Å²) < 4.78 is 31.8. The van der Waals surface area contributed by atoms with Gasteiger partial charge < -0.3 is 10.1 Å². The zero-order valence-electron chi connectivity index (χ0n) is 17.6. The molecular formula is C23H25ClN2O4S. The molecule has 1 atom stereocenters. The van der Waals surface area contributed by atoms with E-state index in [0.717, 1.165) is 27.1 Å². The molecule has 3 rings (SSSR count). The fourth-order valence-corrected chi connectivity index (χ4v) is 4.80. The van der Waals surface area contributed by atoms with Crippen LogP contribution in [-0.2, 0) is 14.8 Å². The van der Waals surface area contributed by atoms with Crippen molar-refractivity contribution in [2.75, 3.05) is 23.7 Å². The number of sulfonamides is 1. The van der Waals surface area contributed by atoms with E-state index in [4.69, 9.17) is 16.3 Å². The molecule has 1 amide bonds. The molecule has 0 aliphatic heterocycles. The molecule has 0 bridgehead atoms. The summed E-state index contributed by atoms with van der Waals surface area (Å²) in [5, 5.41) is 5.21. The summed E-state index contributed by atoms with van der Waals surface area (Å²) in [5.74, 6) is 0.305. The molecule has 164 valence electrons. The van der Waals surface area contributed by atoms with Gasteiger partial charge in [0.05, 0.1) is 18.5 Å². The van der Waals surface area contributed by atoms with Crippen LogP contribution in [0.2, 0.25) is 5.02 Å². The number of fused-ring (bicyclic) bond motifs is 1. The minimum atomic E-state index is -3.72. The van der Waals surface area contributed by atoms with Gasteiger partial charge in [-0.3, -0.25) is 9.10 Å². The predicted octanol–water partition coefficient (Wildman–Crippen LogP) is 4.15. The molecule has 0 aliphatic carbocycles. The van der Waals surface area contributed by atoms with Crippen molar-refractivity contribution in [3.8, 4) is 5.75 Å². The van der Waals surface area contributed by atoms with E-state index in [-0.39, 0.29) is 13.2 Å². The van der Waals surface area contributed by atoms with E-state index in [0.29, 0.717) is 16.3 Å². The van der Waals surface area contributed by atoms with Crippen LogP contribution in [0, 0.1) is 6.92 Å². The van der Waals surface area contributed by atoms with Crippen LogP contribution in [0.25, 0.3) is 10.8 Å². The Morgan fingerprint density at radius 2 is 1.84 bits per heavy atom. The van der Waals surface area contributed by atoms with Gasteiger partial charge in [-0.15, -0.1) is 0 Å². The molecule has 0 aliphatic rings. The van der Waals surface area contributed by atoms with Crippen LogP contribution in [0.15, 0.2) is 60.7 Å². The maximum Gasteiger partial charge on any atom is 0.243 e. The van der Waals surface area contributed by atoms with Crippen molar-refractivity contribution in [3.05, 3.63) is 71.2 Å². The second-order valence-electron chi connectivity index (χ2n) is 7.28. The van der Waals surface area contributed by atoms with Gasteiger partial charge in [0, 0.05) is 10.4 Å². The van der Waals surface area contributed by atoms with E-state index in [2.05, 4.69) is 5.32 Å². The largest absolute Gasteiger partial charge is 0.491 e. The monoisotopic (exact) mass is 460 g/mol. The van der Waals surface area contributed by atoms with Crippen LogP contribution >= 0.6 is 11.6 Å². The number of anilines is 1. The van der Waals surface area contributed by atoms with Crippen LogP contribution in [0.5, 0.6) is 5.75 Å². The van der Waals surface area contributed by atoms with E-state index in [9.17, 15) is 13.2 Å². The van der Waals surface area contributed by atoms with Crippen LogP contribution < -0.4 is 14.4 Å². The van der Waals surface area contributed by atoms with Crippen molar-refractivity contribution in [2.24, 2.45) is 0 Å². The quantitative estimate of drug-likeness (QED) is 0.512. The van der Waals surface area contributed by atoms with Gasteiger partial charge in [0.1, 0.15) is 18.4 Å². The lowest BCUT2D eigenvalue weighted by Crippen LogP contribution is -2.48. The van der Waals surface area contributed by atoms with Gasteiger partial charge in [-0.05, 0) is 43.0 Å². The molecular weight excluding hydrogens is 436 g/mol. The third-order valence-corrected chi connectivity index (χ3v) is 6.37. The summed E-state index contributed by atoms with van der Waals surface area (Å²) in [6.45, 7) is 3.80. The maximum atomic E-state index is 12.7. The molecule has 0 fully saturated rings. The van der Waals surface area contributed by atoms with Crippen molar-refractivity contribution in [3.63, 3.8) is 0 Å². The Balaban J connectivity index is 1.66. The Hall–Kier alpha value is -2.77. The number of nitrogens with zero attached hydrogens (tertiary/aromatic N) is 1. The van der Waals surface area contributed by atoms with Gasteiger partial charge in [0.15, 0.2) is 0 Å². The summed E-state index contributed by atoms with van der Waals surface area (Å²) >= 11 is 6.06.